The number of phenolic OH excluding ortho intramolecular Hbond substituents is 1. The number of nitrogens with zero attached hydrogens (tertiary/aromatic N) is 3. The molecular weight excluding hydrogens is 478 g/mol. The molecule has 0 aliphatic carbocycles. The number of nitro groups is 1. The molecule has 0 saturated carbocycles. The van der Waals surface area contributed by atoms with Crippen molar-refractivity contribution in [1.29, 1.82) is 0 Å². The van der Waals surface area contributed by atoms with Crippen LogP contribution in [0.25, 0.3) is 22.0 Å². The zero-order chi connectivity index (χ0) is 25.3. The van der Waals surface area contributed by atoms with Crippen molar-refractivity contribution in [3.8, 4) is 16.9 Å². The van der Waals surface area contributed by atoms with E-state index in [1.807, 2.05) is 18.2 Å². The van der Waals surface area contributed by atoms with Crippen LogP contribution < -0.4 is 4.31 Å². The van der Waals surface area contributed by atoms with E-state index >= 15 is 0 Å². The SMILES string of the molecule is O=[N+]([O-])c1ccc(S(=O)(=O)N(c2ccccc2)c2ccnc3ccc(-c4ccc(O)cc4)cc23)cc1. The molecule has 0 fully saturated rings. The lowest BCUT2D eigenvalue weighted by atomic mass is 10.0. The fourth-order valence-corrected chi connectivity index (χ4v) is 5.47. The Bertz CT molecular complexity index is 1670. The number of para-hydroxylation sites is 1. The van der Waals surface area contributed by atoms with Crippen molar-refractivity contribution in [2.75, 3.05) is 4.31 Å². The smallest absolute Gasteiger partial charge is 0.269 e. The van der Waals surface area contributed by atoms with Crippen LogP contribution in [0.3, 0.4) is 0 Å². The van der Waals surface area contributed by atoms with Crippen molar-refractivity contribution in [2.24, 2.45) is 0 Å². The van der Waals surface area contributed by atoms with Gasteiger partial charge in [-0.2, -0.15) is 0 Å². The zero-order valence-electron chi connectivity index (χ0n) is 18.7. The largest absolute Gasteiger partial charge is 0.508 e. The summed E-state index contributed by atoms with van der Waals surface area (Å²) in [5.41, 5.74) is 2.83. The third-order valence-electron chi connectivity index (χ3n) is 5.71. The van der Waals surface area contributed by atoms with Gasteiger partial charge in [-0.15, -0.1) is 0 Å². The van der Waals surface area contributed by atoms with E-state index in [9.17, 15) is 23.6 Å². The van der Waals surface area contributed by atoms with Gasteiger partial charge < -0.3 is 5.11 Å². The topological polar surface area (TPSA) is 114 Å². The maximum Gasteiger partial charge on any atom is 0.269 e. The minimum atomic E-state index is -4.17. The number of anilines is 2. The van der Waals surface area contributed by atoms with Gasteiger partial charge in [-0.25, -0.2) is 12.7 Å². The summed E-state index contributed by atoms with van der Waals surface area (Å²) in [6.45, 7) is 0. The Morgan fingerprint density at radius 2 is 1.47 bits per heavy atom. The first-order chi connectivity index (χ1) is 17.3. The Morgan fingerprint density at radius 1 is 0.806 bits per heavy atom. The second kappa shape index (κ2) is 9.12. The van der Waals surface area contributed by atoms with Crippen molar-refractivity contribution in [1.82, 2.24) is 4.98 Å². The van der Waals surface area contributed by atoms with Crippen LogP contribution in [0.5, 0.6) is 5.75 Å². The molecule has 1 heterocycles. The molecule has 0 saturated heterocycles. The molecule has 0 aliphatic heterocycles. The van der Waals surface area contributed by atoms with E-state index in [4.69, 9.17) is 0 Å². The van der Waals surface area contributed by atoms with E-state index in [-0.39, 0.29) is 16.3 Å². The molecule has 4 aromatic carbocycles. The van der Waals surface area contributed by atoms with Gasteiger partial charge in [-0.1, -0.05) is 36.4 Å². The standard InChI is InChI=1S/C27H19N3O5S/c31-23-11-6-19(7-12-23)20-8-15-26-25(18-20)27(16-17-28-26)29(21-4-2-1-3-5-21)36(34,35)24-13-9-22(10-14-24)30(32)33/h1-18,31H. The molecule has 0 radical (unpaired) electrons. The minimum Gasteiger partial charge on any atom is -0.508 e. The number of pyridine rings is 1. The van der Waals surface area contributed by atoms with Gasteiger partial charge in [-0.3, -0.25) is 15.1 Å². The molecule has 5 aromatic rings. The lowest BCUT2D eigenvalue weighted by molar-refractivity contribution is -0.384. The summed E-state index contributed by atoms with van der Waals surface area (Å²) in [7, 11) is -4.17. The fourth-order valence-electron chi connectivity index (χ4n) is 3.96. The molecular formula is C27H19N3O5S. The summed E-state index contributed by atoms with van der Waals surface area (Å²) in [5.74, 6) is 0.145. The van der Waals surface area contributed by atoms with E-state index in [1.165, 1.54) is 28.6 Å². The number of aromatic hydroxyl groups is 1. The molecule has 9 heteroatoms. The van der Waals surface area contributed by atoms with Crippen molar-refractivity contribution in [3.05, 3.63) is 119 Å². The van der Waals surface area contributed by atoms with Crippen LogP contribution in [0.4, 0.5) is 17.1 Å². The van der Waals surface area contributed by atoms with Gasteiger partial charge in [0.2, 0.25) is 0 Å². The number of aromatic nitrogens is 1. The number of non-ortho nitro benzene ring substituents is 1. The number of sulfonamides is 1. The molecule has 0 amide bonds. The molecule has 0 unspecified atom stereocenters. The molecule has 0 spiro atoms. The highest BCUT2D eigenvalue weighted by atomic mass is 32.2. The Balaban J connectivity index is 1.72. The van der Waals surface area contributed by atoms with Crippen LogP contribution in [0, 0.1) is 10.1 Å². The molecule has 8 nitrogen and oxygen atoms in total. The molecule has 5 rings (SSSR count). The lowest BCUT2D eigenvalue weighted by Gasteiger charge is -2.26. The van der Waals surface area contributed by atoms with E-state index in [0.29, 0.717) is 22.3 Å². The Hall–Kier alpha value is -4.76. The van der Waals surface area contributed by atoms with E-state index in [0.717, 1.165) is 11.1 Å². The first-order valence-corrected chi connectivity index (χ1v) is 12.3. The van der Waals surface area contributed by atoms with Crippen LogP contribution in [0.2, 0.25) is 0 Å². The number of nitro benzene ring substituents is 1. The van der Waals surface area contributed by atoms with Crippen molar-refractivity contribution >= 4 is 38.0 Å². The normalized spacial score (nSPS) is 11.3. The first kappa shape index (κ1) is 23.0. The Kier molecular flexibility index (Phi) is 5.83. The average Bonchev–Trinajstić information content (AvgIpc) is 2.90. The number of hydrogen-bond acceptors (Lipinski definition) is 6. The van der Waals surface area contributed by atoms with Crippen LogP contribution in [-0.4, -0.2) is 23.4 Å². The predicted octanol–water partition coefficient (Wildman–Crippen LogP) is 6.04. The highest BCUT2D eigenvalue weighted by molar-refractivity contribution is 7.93. The third kappa shape index (κ3) is 4.23. The van der Waals surface area contributed by atoms with Gasteiger partial charge in [0.15, 0.2) is 0 Å². The fraction of sp³-hybridized carbons (Fsp3) is 0. The number of rotatable bonds is 6. The van der Waals surface area contributed by atoms with Gasteiger partial charge >= 0.3 is 0 Å². The summed E-state index contributed by atoms with van der Waals surface area (Å²) in [4.78, 5) is 14.8. The van der Waals surface area contributed by atoms with Gasteiger partial charge in [0.1, 0.15) is 5.75 Å². The van der Waals surface area contributed by atoms with Crippen LogP contribution in [0.15, 0.2) is 114 Å². The summed E-state index contributed by atoms with van der Waals surface area (Å²) >= 11 is 0. The maximum atomic E-state index is 14.0. The van der Waals surface area contributed by atoms with Gasteiger partial charge in [0.25, 0.3) is 15.7 Å². The maximum absolute atomic E-state index is 14.0. The molecule has 36 heavy (non-hydrogen) atoms. The summed E-state index contributed by atoms with van der Waals surface area (Å²) in [5, 5.41) is 21.3. The lowest BCUT2D eigenvalue weighted by Crippen LogP contribution is -2.26. The second-order valence-corrected chi connectivity index (χ2v) is 9.75. The summed E-state index contributed by atoms with van der Waals surface area (Å²) < 4.78 is 29.1. The third-order valence-corrected chi connectivity index (χ3v) is 7.47. The number of hydrogen-bond donors (Lipinski definition) is 1. The van der Waals surface area contributed by atoms with Gasteiger partial charge in [0, 0.05) is 23.7 Å². The Labute approximate surface area is 206 Å². The number of fused-ring (bicyclic) bond motifs is 1. The summed E-state index contributed by atoms with van der Waals surface area (Å²) in [6, 6.07) is 27.3. The monoisotopic (exact) mass is 497 g/mol. The minimum absolute atomic E-state index is 0.0865. The second-order valence-electron chi connectivity index (χ2n) is 7.96. The van der Waals surface area contributed by atoms with Crippen molar-refractivity contribution in [2.45, 2.75) is 4.90 Å². The average molecular weight is 498 g/mol. The highest BCUT2D eigenvalue weighted by Crippen LogP contribution is 2.38. The summed E-state index contributed by atoms with van der Waals surface area (Å²) in [6.07, 6.45) is 1.54. The van der Waals surface area contributed by atoms with E-state index in [2.05, 4.69) is 4.98 Å². The first-order valence-electron chi connectivity index (χ1n) is 10.9. The highest BCUT2D eigenvalue weighted by Gasteiger charge is 2.29. The van der Waals surface area contributed by atoms with Crippen molar-refractivity contribution in [3.63, 3.8) is 0 Å². The molecule has 0 atom stereocenters. The zero-order valence-corrected chi connectivity index (χ0v) is 19.5. The molecule has 0 aliphatic rings. The van der Waals surface area contributed by atoms with Crippen LogP contribution in [-0.2, 0) is 10.0 Å². The van der Waals surface area contributed by atoms with Crippen LogP contribution in [0.1, 0.15) is 0 Å². The molecule has 178 valence electrons. The molecule has 1 N–H and O–H groups in total. The Morgan fingerprint density at radius 3 is 2.14 bits per heavy atom. The molecule has 0 bridgehead atoms. The van der Waals surface area contributed by atoms with Gasteiger partial charge in [-0.05, 0) is 65.7 Å². The number of phenols is 1. The quantitative estimate of drug-likeness (QED) is 0.226. The van der Waals surface area contributed by atoms with Crippen molar-refractivity contribution < 1.29 is 18.4 Å². The number of benzene rings is 4. The van der Waals surface area contributed by atoms with E-state index < -0.39 is 14.9 Å². The van der Waals surface area contributed by atoms with E-state index in [1.54, 1.807) is 66.9 Å². The molecule has 1 aromatic heterocycles. The van der Waals surface area contributed by atoms with Gasteiger partial charge in [0.05, 0.1) is 26.7 Å². The predicted molar refractivity (Wildman–Crippen MR) is 138 cm³/mol. The van der Waals surface area contributed by atoms with Crippen LogP contribution >= 0.6 is 0 Å².